The maximum Gasteiger partial charge on any atom is 0.194 e. The van der Waals surface area contributed by atoms with Crippen molar-refractivity contribution in [3.05, 3.63) is 0 Å². The van der Waals surface area contributed by atoms with Crippen molar-refractivity contribution in [3.63, 3.8) is 0 Å². The van der Waals surface area contributed by atoms with Gasteiger partial charge in [0.15, 0.2) is 5.79 Å². The summed E-state index contributed by atoms with van der Waals surface area (Å²) >= 11 is 0. The molecule has 0 aromatic rings. The molecule has 1 rings (SSSR count). The Labute approximate surface area is 80.4 Å². The molecule has 78 valence electrons. The second-order valence-corrected chi connectivity index (χ2v) is 3.41. The van der Waals surface area contributed by atoms with Gasteiger partial charge in [-0.05, 0) is 19.8 Å². The molecule has 0 saturated heterocycles. The van der Waals surface area contributed by atoms with Crippen LogP contribution in [-0.2, 0) is 14.2 Å². The molecule has 3 heteroatoms. The van der Waals surface area contributed by atoms with E-state index in [0.29, 0.717) is 0 Å². The molecule has 1 aliphatic carbocycles. The summed E-state index contributed by atoms with van der Waals surface area (Å²) in [6.45, 7) is 2.73. The molecule has 3 nitrogen and oxygen atoms in total. The van der Waals surface area contributed by atoms with E-state index in [0.717, 1.165) is 25.9 Å². The lowest BCUT2D eigenvalue weighted by molar-refractivity contribution is -0.282. The van der Waals surface area contributed by atoms with Gasteiger partial charge in [-0.2, -0.15) is 0 Å². The SMILES string of the molecule is CCOC1CCCCC1(OC)OC. The summed E-state index contributed by atoms with van der Waals surface area (Å²) in [7, 11) is 3.39. The van der Waals surface area contributed by atoms with Crippen molar-refractivity contribution in [1.82, 2.24) is 0 Å². The maximum absolute atomic E-state index is 5.63. The van der Waals surface area contributed by atoms with Crippen molar-refractivity contribution in [2.75, 3.05) is 20.8 Å². The van der Waals surface area contributed by atoms with Gasteiger partial charge in [-0.3, -0.25) is 0 Å². The lowest BCUT2D eigenvalue weighted by atomic mass is 9.91. The molecule has 13 heavy (non-hydrogen) atoms. The predicted octanol–water partition coefficient (Wildman–Crippen LogP) is 1.95. The first-order chi connectivity index (χ1) is 6.29. The molecule has 1 saturated carbocycles. The second-order valence-electron chi connectivity index (χ2n) is 3.41. The minimum absolute atomic E-state index is 0.0984. The summed E-state index contributed by atoms with van der Waals surface area (Å²) in [6.07, 6.45) is 4.44. The third-order valence-electron chi connectivity index (χ3n) is 2.79. The summed E-state index contributed by atoms with van der Waals surface area (Å²) in [6, 6.07) is 0. The van der Waals surface area contributed by atoms with Crippen molar-refractivity contribution in [2.45, 2.75) is 44.5 Å². The van der Waals surface area contributed by atoms with E-state index in [-0.39, 0.29) is 6.10 Å². The maximum atomic E-state index is 5.63. The minimum atomic E-state index is -0.492. The molecule has 1 atom stereocenters. The zero-order chi connectivity index (χ0) is 9.73. The van der Waals surface area contributed by atoms with E-state index in [1.54, 1.807) is 14.2 Å². The van der Waals surface area contributed by atoms with E-state index in [2.05, 4.69) is 0 Å². The van der Waals surface area contributed by atoms with Gasteiger partial charge in [0.2, 0.25) is 0 Å². The van der Waals surface area contributed by atoms with Gasteiger partial charge in [-0.25, -0.2) is 0 Å². The van der Waals surface area contributed by atoms with Crippen LogP contribution in [0.3, 0.4) is 0 Å². The smallest absolute Gasteiger partial charge is 0.194 e. The first-order valence-corrected chi connectivity index (χ1v) is 5.01. The second kappa shape index (κ2) is 4.94. The topological polar surface area (TPSA) is 27.7 Å². The number of hydrogen-bond donors (Lipinski definition) is 0. The van der Waals surface area contributed by atoms with E-state index in [1.807, 2.05) is 6.92 Å². The van der Waals surface area contributed by atoms with Crippen LogP contribution in [0.1, 0.15) is 32.6 Å². The van der Waals surface area contributed by atoms with Gasteiger partial charge in [-0.15, -0.1) is 0 Å². The quantitative estimate of drug-likeness (QED) is 0.631. The van der Waals surface area contributed by atoms with Crippen LogP contribution in [0.25, 0.3) is 0 Å². The molecular weight excluding hydrogens is 168 g/mol. The molecule has 0 aliphatic heterocycles. The highest BCUT2D eigenvalue weighted by Crippen LogP contribution is 2.33. The van der Waals surface area contributed by atoms with E-state index in [4.69, 9.17) is 14.2 Å². The van der Waals surface area contributed by atoms with Crippen molar-refractivity contribution >= 4 is 0 Å². The fraction of sp³-hybridized carbons (Fsp3) is 1.00. The van der Waals surface area contributed by atoms with E-state index < -0.39 is 5.79 Å². The summed E-state index contributed by atoms with van der Waals surface area (Å²) in [4.78, 5) is 0. The number of methoxy groups -OCH3 is 2. The summed E-state index contributed by atoms with van der Waals surface area (Å²) in [5, 5.41) is 0. The van der Waals surface area contributed by atoms with Crippen LogP contribution in [-0.4, -0.2) is 32.7 Å². The molecule has 0 bridgehead atoms. The zero-order valence-corrected chi connectivity index (χ0v) is 8.84. The van der Waals surface area contributed by atoms with Crippen LogP contribution in [0, 0.1) is 0 Å². The third kappa shape index (κ3) is 2.22. The highest BCUT2D eigenvalue weighted by atomic mass is 16.7. The van der Waals surface area contributed by atoms with Crippen LogP contribution in [0.15, 0.2) is 0 Å². The fourth-order valence-electron chi connectivity index (χ4n) is 2.04. The van der Waals surface area contributed by atoms with Gasteiger partial charge in [0.25, 0.3) is 0 Å². The van der Waals surface area contributed by atoms with Crippen molar-refractivity contribution in [1.29, 1.82) is 0 Å². The molecule has 1 unspecified atom stereocenters. The van der Waals surface area contributed by atoms with E-state index >= 15 is 0 Å². The van der Waals surface area contributed by atoms with Gasteiger partial charge < -0.3 is 14.2 Å². The van der Waals surface area contributed by atoms with Crippen LogP contribution < -0.4 is 0 Å². The standard InChI is InChI=1S/C10H20O3/c1-4-13-9-7-5-6-8-10(9,11-2)12-3/h9H,4-8H2,1-3H3. The highest BCUT2D eigenvalue weighted by molar-refractivity contribution is 4.84. The van der Waals surface area contributed by atoms with E-state index in [1.165, 1.54) is 6.42 Å². The van der Waals surface area contributed by atoms with Crippen molar-refractivity contribution in [3.8, 4) is 0 Å². The first-order valence-electron chi connectivity index (χ1n) is 5.01. The average molecular weight is 188 g/mol. The largest absolute Gasteiger partial charge is 0.373 e. The average Bonchev–Trinajstić information content (AvgIpc) is 2.20. The normalized spacial score (nSPS) is 27.5. The Kier molecular flexibility index (Phi) is 4.16. The Morgan fingerprint density at radius 2 is 1.92 bits per heavy atom. The Morgan fingerprint density at radius 3 is 2.46 bits per heavy atom. The van der Waals surface area contributed by atoms with Crippen LogP contribution >= 0.6 is 0 Å². The summed E-state index contributed by atoms with van der Waals surface area (Å²) < 4.78 is 16.5. The van der Waals surface area contributed by atoms with E-state index in [9.17, 15) is 0 Å². The van der Waals surface area contributed by atoms with Crippen LogP contribution in [0.5, 0.6) is 0 Å². The molecular formula is C10H20O3. The van der Waals surface area contributed by atoms with Gasteiger partial charge in [0.1, 0.15) is 6.10 Å². The molecule has 0 aromatic carbocycles. The molecule has 1 fully saturated rings. The number of ether oxygens (including phenoxy) is 3. The zero-order valence-electron chi connectivity index (χ0n) is 8.84. The lowest BCUT2D eigenvalue weighted by Crippen LogP contribution is -2.49. The fourth-order valence-corrected chi connectivity index (χ4v) is 2.04. The van der Waals surface area contributed by atoms with Crippen LogP contribution in [0.2, 0.25) is 0 Å². The summed E-state index contributed by atoms with van der Waals surface area (Å²) in [5.41, 5.74) is 0. The van der Waals surface area contributed by atoms with Gasteiger partial charge in [0, 0.05) is 27.2 Å². The first kappa shape index (κ1) is 11.0. The predicted molar refractivity (Wildman–Crippen MR) is 50.6 cm³/mol. The molecule has 0 radical (unpaired) electrons. The van der Waals surface area contributed by atoms with Gasteiger partial charge in [0.05, 0.1) is 0 Å². The Morgan fingerprint density at radius 1 is 1.23 bits per heavy atom. The lowest BCUT2D eigenvalue weighted by Gasteiger charge is -2.41. The molecule has 0 N–H and O–H groups in total. The molecule has 0 spiro atoms. The molecule has 1 aliphatic rings. The molecule has 0 aromatic heterocycles. The monoisotopic (exact) mass is 188 g/mol. The molecule has 0 heterocycles. The Balaban J connectivity index is 2.63. The van der Waals surface area contributed by atoms with Gasteiger partial charge >= 0.3 is 0 Å². The Bertz CT molecular complexity index is 141. The summed E-state index contributed by atoms with van der Waals surface area (Å²) in [5.74, 6) is -0.492. The van der Waals surface area contributed by atoms with Crippen molar-refractivity contribution in [2.24, 2.45) is 0 Å². The Hall–Kier alpha value is -0.120. The number of hydrogen-bond acceptors (Lipinski definition) is 3. The third-order valence-corrected chi connectivity index (χ3v) is 2.79. The number of rotatable bonds is 4. The van der Waals surface area contributed by atoms with Crippen molar-refractivity contribution < 1.29 is 14.2 Å². The van der Waals surface area contributed by atoms with Crippen LogP contribution in [0.4, 0.5) is 0 Å². The van der Waals surface area contributed by atoms with Gasteiger partial charge in [-0.1, -0.05) is 6.42 Å². The highest BCUT2D eigenvalue weighted by Gasteiger charge is 2.41. The molecule has 0 amide bonds. The minimum Gasteiger partial charge on any atom is -0.373 e.